The molecule has 3 aromatic rings. The summed E-state index contributed by atoms with van der Waals surface area (Å²) < 4.78 is 3.80. The van der Waals surface area contributed by atoms with E-state index >= 15 is 0 Å². The third kappa shape index (κ3) is 2.13. The van der Waals surface area contributed by atoms with E-state index < -0.39 is 0 Å². The van der Waals surface area contributed by atoms with Crippen molar-refractivity contribution in [3.8, 4) is 11.6 Å². The number of hydrogen-bond donors (Lipinski definition) is 0. The zero-order valence-corrected chi connectivity index (χ0v) is 14.0. The number of pyridine rings is 1. The largest absolute Gasteiger partial charge is 0.219 e. The van der Waals surface area contributed by atoms with Gasteiger partial charge in [-0.2, -0.15) is 10.2 Å². The Bertz CT molecular complexity index is 854. The molecule has 0 aromatic carbocycles. The van der Waals surface area contributed by atoms with Crippen LogP contribution in [-0.4, -0.2) is 24.5 Å². The second-order valence-corrected chi connectivity index (χ2v) is 5.90. The minimum absolute atomic E-state index is 0.830. The number of aryl methyl sites for hydroxylation is 3. The molecule has 0 amide bonds. The predicted octanol–water partition coefficient (Wildman–Crippen LogP) is 3.30. The van der Waals surface area contributed by atoms with Gasteiger partial charge in [0.15, 0.2) is 11.6 Å². The highest BCUT2D eigenvalue weighted by Crippen LogP contribution is 2.22. The van der Waals surface area contributed by atoms with Gasteiger partial charge in [-0.3, -0.25) is 0 Å². The van der Waals surface area contributed by atoms with Gasteiger partial charge in [-0.05, 0) is 69.9 Å². The van der Waals surface area contributed by atoms with Crippen LogP contribution >= 0.6 is 0 Å². The van der Waals surface area contributed by atoms with Crippen LogP contribution in [0.5, 0.6) is 0 Å². The van der Waals surface area contributed by atoms with Crippen molar-refractivity contribution in [2.24, 2.45) is 0 Å². The lowest BCUT2D eigenvalue weighted by Gasteiger charge is -2.13. The van der Waals surface area contributed by atoms with Gasteiger partial charge in [-0.15, -0.1) is 0 Å². The molecule has 0 aliphatic rings. The lowest BCUT2D eigenvalue weighted by Crippen LogP contribution is -2.10. The molecular weight excluding hydrogens is 274 g/mol. The molecule has 3 aromatic heterocycles. The first-order valence-corrected chi connectivity index (χ1v) is 7.41. The van der Waals surface area contributed by atoms with E-state index in [-0.39, 0.29) is 0 Å². The van der Waals surface area contributed by atoms with Crippen LogP contribution in [0.1, 0.15) is 33.6 Å². The van der Waals surface area contributed by atoms with E-state index in [1.165, 1.54) is 5.56 Å². The summed E-state index contributed by atoms with van der Waals surface area (Å²) >= 11 is 0. The normalized spacial score (nSPS) is 11.2. The molecule has 0 bridgehead atoms. The Hall–Kier alpha value is -2.43. The van der Waals surface area contributed by atoms with Gasteiger partial charge in [0, 0.05) is 11.4 Å². The molecule has 0 spiro atoms. The maximum Gasteiger partial charge on any atom is 0.159 e. The summed E-state index contributed by atoms with van der Waals surface area (Å²) in [4.78, 5) is 4.82. The van der Waals surface area contributed by atoms with Crippen LogP contribution < -0.4 is 0 Å². The quantitative estimate of drug-likeness (QED) is 0.729. The van der Waals surface area contributed by atoms with Crippen LogP contribution in [0.15, 0.2) is 18.5 Å². The van der Waals surface area contributed by atoms with E-state index in [2.05, 4.69) is 57.8 Å². The highest BCUT2D eigenvalue weighted by molar-refractivity contribution is 5.45. The molecule has 5 nitrogen and oxygen atoms in total. The fourth-order valence-electron chi connectivity index (χ4n) is 2.44. The second kappa shape index (κ2) is 5.09. The molecule has 0 saturated carbocycles. The average Bonchev–Trinajstić information content (AvgIpc) is 2.98. The minimum Gasteiger partial charge on any atom is -0.219 e. The van der Waals surface area contributed by atoms with Gasteiger partial charge in [-0.25, -0.2) is 14.3 Å². The lowest BCUT2D eigenvalue weighted by atomic mass is 10.1. The lowest BCUT2D eigenvalue weighted by molar-refractivity contribution is 0.768. The van der Waals surface area contributed by atoms with Gasteiger partial charge in [0.05, 0.1) is 12.4 Å². The molecule has 0 atom stereocenters. The van der Waals surface area contributed by atoms with Crippen molar-refractivity contribution in [2.75, 3.05) is 0 Å². The Morgan fingerprint density at radius 1 is 0.727 bits per heavy atom. The minimum atomic E-state index is 0.830. The van der Waals surface area contributed by atoms with Crippen molar-refractivity contribution < 1.29 is 0 Å². The van der Waals surface area contributed by atoms with Crippen LogP contribution in [0.4, 0.5) is 0 Å². The standard InChI is InChI=1S/C17H21N5/c1-10-7-16(21-14(5)11(2)8-18-21)20-17(13(10)4)22-15(6)12(3)9-19-22/h7-9H,1-6H3. The molecule has 0 fully saturated rings. The van der Waals surface area contributed by atoms with E-state index in [0.717, 1.165) is 39.7 Å². The maximum atomic E-state index is 4.82. The maximum absolute atomic E-state index is 4.82. The Labute approximate surface area is 130 Å². The van der Waals surface area contributed by atoms with Crippen molar-refractivity contribution in [3.63, 3.8) is 0 Å². The fraction of sp³-hybridized carbons (Fsp3) is 0.353. The van der Waals surface area contributed by atoms with Crippen molar-refractivity contribution in [3.05, 3.63) is 52.1 Å². The summed E-state index contributed by atoms with van der Waals surface area (Å²) in [5.41, 5.74) is 6.86. The molecule has 3 heterocycles. The van der Waals surface area contributed by atoms with Gasteiger partial charge < -0.3 is 0 Å². The third-order valence-electron chi connectivity index (χ3n) is 4.42. The zero-order valence-electron chi connectivity index (χ0n) is 14.0. The van der Waals surface area contributed by atoms with Crippen molar-refractivity contribution >= 4 is 0 Å². The first-order valence-electron chi connectivity index (χ1n) is 7.41. The Morgan fingerprint density at radius 2 is 1.27 bits per heavy atom. The monoisotopic (exact) mass is 295 g/mol. The predicted molar refractivity (Wildman–Crippen MR) is 86.9 cm³/mol. The molecule has 22 heavy (non-hydrogen) atoms. The topological polar surface area (TPSA) is 48.5 Å². The summed E-state index contributed by atoms with van der Waals surface area (Å²) in [6.45, 7) is 12.4. The first kappa shape index (κ1) is 14.5. The molecule has 3 rings (SSSR count). The summed E-state index contributed by atoms with van der Waals surface area (Å²) in [6, 6.07) is 2.07. The van der Waals surface area contributed by atoms with E-state index in [1.54, 1.807) is 0 Å². The van der Waals surface area contributed by atoms with Crippen LogP contribution in [-0.2, 0) is 0 Å². The van der Waals surface area contributed by atoms with Crippen molar-refractivity contribution in [2.45, 2.75) is 41.5 Å². The first-order chi connectivity index (χ1) is 10.4. The molecular formula is C17H21N5. The number of rotatable bonds is 2. The van der Waals surface area contributed by atoms with Crippen LogP contribution in [0.3, 0.4) is 0 Å². The molecule has 0 radical (unpaired) electrons. The molecule has 0 N–H and O–H groups in total. The summed E-state index contributed by atoms with van der Waals surface area (Å²) in [6.07, 6.45) is 3.75. The third-order valence-corrected chi connectivity index (χ3v) is 4.42. The molecule has 5 heteroatoms. The van der Waals surface area contributed by atoms with E-state index in [9.17, 15) is 0 Å². The van der Waals surface area contributed by atoms with Gasteiger partial charge in [0.1, 0.15) is 0 Å². The number of hydrogen-bond acceptors (Lipinski definition) is 3. The Kier molecular flexibility index (Phi) is 3.35. The van der Waals surface area contributed by atoms with E-state index in [1.807, 2.05) is 21.8 Å². The molecule has 0 aliphatic heterocycles. The Morgan fingerprint density at radius 3 is 1.77 bits per heavy atom. The molecule has 0 aliphatic carbocycles. The van der Waals surface area contributed by atoms with E-state index in [0.29, 0.717) is 0 Å². The number of nitrogens with zero attached hydrogens (tertiary/aromatic N) is 5. The fourth-order valence-corrected chi connectivity index (χ4v) is 2.44. The van der Waals surface area contributed by atoms with Gasteiger partial charge >= 0.3 is 0 Å². The van der Waals surface area contributed by atoms with Crippen LogP contribution in [0, 0.1) is 41.5 Å². The van der Waals surface area contributed by atoms with Gasteiger partial charge in [0.25, 0.3) is 0 Å². The highest BCUT2D eigenvalue weighted by Gasteiger charge is 2.14. The van der Waals surface area contributed by atoms with Gasteiger partial charge in [0.2, 0.25) is 0 Å². The number of aromatic nitrogens is 5. The van der Waals surface area contributed by atoms with Crippen molar-refractivity contribution in [1.82, 2.24) is 24.5 Å². The zero-order chi connectivity index (χ0) is 16.0. The van der Waals surface area contributed by atoms with Crippen LogP contribution in [0.2, 0.25) is 0 Å². The van der Waals surface area contributed by atoms with Gasteiger partial charge in [-0.1, -0.05) is 0 Å². The van der Waals surface area contributed by atoms with E-state index in [4.69, 9.17) is 4.98 Å². The summed E-state index contributed by atoms with van der Waals surface area (Å²) in [5, 5.41) is 8.92. The highest BCUT2D eigenvalue weighted by atomic mass is 15.4. The molecule has 0 saturated heterocycles. The summed E-state index contributed by atoms with van der Waals surface area (Å²) in [7, 11) is 0. The van der Waals surface area contributed by atoms with Crippen LogP contribution in [0.25, 0.3) is 11.6 Å². The van der Waals surface area contributed by atoms with Crippen molar-refractivity contribution in [1.29, 1.82) is 0 Å². The smallest absolute Gasteiger partial charge is 0.159 e. The Balaban J connectivity index is 2.24. The SMILES string of the molecule is Cc1cc(-n2ncc(C)c2C)nc(-n2ncc(C)c2C)c1C. The second-order valence-electron chi connectivity index (χ2n) is 5.90. The summed E-state index contributed by atoms with van der Waals surface area (Å²) in [5.74, 6) is 1.70. The molecule has 114 valence electrons. The molecule has 0 unspecified atom stereocenters. The average molecular weight is 295 g/mol.